The Morgan fingerprint density at radius 2 is 1.36 bits per heavy atom. The van der Waals surface area contributed by atoms with E-state index in [1.54, 1.807) is 24.3 Å². The molecule has 0 unspecified atom stereocenters. The molecule has 5 nitrogen and oxygen atoms in total. The van der Waals surface area contributed by atoms with Crippen LogP contribution < -0.4 is 10.9 Å². The number of aromatic amines is 1. The predicted molar refractivity (Wildman–Crippen MR) is 132 cm³/mol. The SMILES string of the molecule is O=Cc1ccc(Cn2c3ccccc3c(=O)c3cc4[nH]c5ccccc5c(=O)c4cc32)cc1. The van der Waals surface area contributed by atoms with Crippen LogP contribution in [0, 0.1) is 0 Å². The van der Waals surface area contributed by atoms with E-state index in [1.165, 1.54) is 0 Å². The Balaban J connectivity index is 1.73. The highest BCUT2D eigenvalue weighted by Crippen LogP contribution is 2.25. The van der Waals surface area contributed by atoms with Crippen molar-refractivity contribution in [3.63, 3.8) is 0 Å². The van der Waals surface area contributed by atoms with Crippen LogP contribution in [0.25, 0.3) is 43.6 Å². The third kappa shape index (κ3) is 2.97. The highest BCUT2D eigenvalue weighted by molar-refractivity contribution is 6.03. The molecular weight excluding hydrogens is 412 g/mol. The molecule has 2 aromatic heterocycles. The van der Waals surface area contributed by atoms with E-state index in [2.05, 4.69) is 9.55 Å². The van der Waals surface area contributed by atoms with Crippen molar-refractivity contribution in [2.24, 2.45) is 0 Å². The fourth-order valence-electron chi connectivity index (χ4n) is 4.60. The van der Waals surface area contributed by atoms with Gasteiger partial charge in [0, 0.05) is 39.2 Å². The van der Waals surface area contributed by atoms with Crippen LogP contribution in [0.2, 0.25) is 0 Å². The number of hydrogen-bond acceptors (Lipinski definition) is 3. The standard InChI is InChI=1S/C28H18N2O3/c31-16-18-11-9-17(10-12-18)15-30-25-8-4-2-6-20(25)28(33)22-13-24-21(14-26(22)30)27(32)19-5-1-3-7-23(19)29-24/h1-14,16H,15H2,(H,29,32). The van der Waals surface area contributed by atoms with Gasteiger partial charge in [-0.15, -0.1) is 0 Å². The summed E-state index contributed by atoms with van der Waals surface area (Å²) in [6.45, 7) is 0.493. The van der Waals surface area contributed by atoms with E-state index in [0.29, 0.717) is 44.7 Å². The third-order valence-electron chi connectivity index (χ3n) is 6.25. The van der Waals surface area contributed by atoms with Gasteiger partial charge in [-0.2, -0.15) is 0 Å². The van der Waals surface area contributed by atoms with Gasteiger partial charge in [-0.1, -0.05) is 48.5 Å². The average molecular weight is 430 g/mol. The summed E-state index contributed by atoms with van der Waals surface area (Å²) in [5, 5.41) is 2.33. The van der Waals surface area contributed by atoms with Crippen LogP contribution in [0.15, 0.2) is 94.5 Å². The van der Waals surface area contributed by atoms with E-state index in [-0.39, 0.29) is 10.9 Å². The van der Waals surface area contributed by atoms with Gasteiger partial charge in [0.25, 0.3) is 0 Å². The Hall–Kier alpha value is -4.51. The van der Waals surface area contributed by atoms with Gasteiger partial charge in [0.15, 0.2) is 10.9 Å². The minimum atomic E-state index is -0.0660. The smallest absolute Gasteiger partial charge is 0.197 e. The maximum Gasteiger partial charge on any atom is 0.197 e. The number of carbonyl (C=O) groups is 1. The number of rotatable bonds is 3. The predicted octanol–water partition coefficient (Wildman–Crippen LogP) is 5.01. The van der Waals surface area contributed by atoms with Crippen LogP contribution in [0.3, 0.4) is 0 Å². The number of para-hydroxylation sites is 2. The lowest BCUT2D eigenvalue weighted by Crippen LogP contribution is -2.13. The fraction of sp³-hybridized carbons (Fsp3) is 0.0357. The molecule has 1 N–H and O–H groups in total. The van der Waals surface area contributed by atoms with Crippen LogP contribution in [-0.4, -0.2) is 15.8 Å². The molecule has 0 saturated carbocycles. The lowest BCUT2D eigenvalue weighted by molar-refractivity contribution is 0.112. The molecule has 0 amide bonds. The number of H-pyrrole nitrogens is 1. The Bertz CT molecular complexity index is 1840. The summed E-state index contributed by atoms with van der Waals surface area (Å²) in [6, 6.07) is 25.9. The lowest BCUT2D eigenvalue weighted by atomic mass is 10.0. The van der Waals surface area contributed by atoms with E-state index in [0.717, 1.165) is 22.9 Å². The molecule has 0 aliphatic heterocycles. The van der Waals surface area contributed by atoms with E-state index >= 15 is 0 Å². The Labute approximate surface area is 187 Å². The number of hydrogen-bond donors (Lipinski definition) is 1. The molecule has 6 rings (SSSR count). The first-order valence-corrected chi connectivity index (χ1v) is 10.7. The number of nitrogens with one attached hydrogen (secondary N) is 1. The zero-order valence-electron chi connectivity index (χ0n) is 17.5. The number of aldehydes is 1. The summed E-state index contributed by atoms with van der Waals surface area (Å²) in [5.74, 6) is 0. The normalized spacial score (nSPS) is 11.5. The van der Waals surface area contributed by atoms with Crippen LogP contribution in [-0.2, 0) is 6.54 Å². The largest absolute Gasteiger partial charge is 0.354 e. The molecule has 2 heterocycles. The van der Waals surface area contributed by atoms with Gasteiger partial charge in [-0.25, -0.2) is 0 Å². The van der Waals surface area contributed by atoms with Crippen molar-refractivity contribution in [2.75, 3.05) is 0 Å². The van der Waals surface area contributed by atoms with Crippen molar-refractivity contribution in [1.82, 2.24) is 9.55 Å². The second-order valence-corrected chi connectivity index (χ2v) is 8.21. The number of nitrogens with zero attached hydrogens (tertiary/aromatic N) is 1. The second-order valence-electron chi connectivity index (χ2n) is 8.21. The van der Waals surface area contributed by atoms with Crippen molar-refractivity contribution in [2.45, 2.75) is 6.54 Å². The molecule has 0 aliphatic rings. The number of carbonyl (C=O) groups excluding carboxylic acids is 1. The van der Waals surface area contributed by atoms with Crippen molar-refractivity contribution in [3.05, 3.63) is 117 Å². The van der Waals surface area contributed by atoms with Crippen LogP contribution in [0.4, 0.5) is 0 Å². The van der Waals surface area contributed by atoms with Crippen molar-refractivity contribution >= 4 is 49.9 Å². The Kier molecular flexibility index (Phi) is 4.23. The minimum Gasteiger partial charge on any atom is -0.354 e. The van der Waals surface area contributed by atoms with Crippen LogP contribution in [0.5, 0.6) is 0 Å². The molecule has 0 fully saturated rings. The molecule has 33 heavy (non-hydrogen) atoms. The lowest BCUT2D eigenvalue weighted by Gasteiger charge is -2.16. The summed E-state index contributed by atoms with van der Waals surface area (Å²) in [5.41, 5.74) is 4.34. The van der Waals surface area contributed by atoms with Gasteiger partial charge in [0.05, 0.1) is 16.6 Å². The van der Waals surface area contributed by atoms with Crippen molar-refractivity contribution in [3.8, 4) is 0 Å². The van der Waals surface area contributed by atoms with Crippen molar-refractivity contribution in [1.29, 1.82) is 0 Å². The van der Waals surface area contributed by atoms with E-state index in [1.807, 2.05) is 60.7 Å². The molecule has 0 bridgehead atoms. The molecule has 158 valence electrons. The maximum atomic E-state index is 13.4. The summed E-state index contributed by atoms with van der Waals surface area (Å²) in [4.78, 5) is 41.1. The van der Waals surface area contributed by atoms with Gasteiger partial charge in [-0.05, 0) is 42.0 Å². The fourth-order valence-corrected chi connectivity index (χ4v) is 4.60. The molecule has 6 aromatic rings. The van der Waals surface area contributed by atoms with Gasteiger partial charge in [0.2, 0.25) is 0 Å². The minimum absolute atomic E-state index is 0.0657. The highest BCUT2D eigenvalue weighted by atomic mass is 16.1. The zero-order chi connectivity index (χ0) is 22.5. The monoisotopic (exact) mass is 430 g/mol. The molecule has 4 aromatic carbocycles. The highest BCUT2D eigenvalue weighted by Gasteiger charge is 2.14. The van der Waals surface area contributed by atoms with E-state index < -0.39 is 0 Å². The molecule has 0 aliphatic carbocycles. The van der Waals surface area contributed by atoms with E-state index in [4.69, 9.17) is 0 Å². The molecular formula is C28H18N2O3. The third-order valence-corrected chi connectivity index (χ3v) is 6.25. The average Bonchev–Trinajstić information content (AvgIpc) is 2.86. The molecule has 0 radical (unpaired) electrons. The second kappa shape index (κ2) is 7.28. The first-order chi connectivity index (χ1) is 16.1. The van der Waals surface area contributed by atoms with Gasteiger partial charge < -0.3 is 9.55 Å². The summed E-state index contributed by atoms with van der Waals surface area (Å²) < 4.78 is 2.07. The Morgan fingerprint density at radius 3 is 2.15 bits per heavy atom. The van der Waals surface area contributed by atoms with Gasteiger partial charge in [0.1, 0.15) is 6.29 Å². The summed E-state index contributed by atoms with van der Waals surface area (Å²) in [7, 11) is 0. The molecule has 0 spiro atoms. The number of fused-ring (bicyclic) bond motifs is 4. The number of benzene rings is 4. The molecule has 5 heteroatoms. The zero-order valence-corrected chi connectivity index (χ0v) is 17.5. The van der Waals surface area contributed by atoms with Crippen LogP contribution >= 0.6 is 0 Å². The topological polar surface area (TPSA) is 71.9 Å². The van der Waals surface area contributed by atoms with Crippen LogP contribution in [0.1, 0.15) is 15.9 Å². The number of aromatic nitrogens is 2. The summed E-state index contributed by atoms with van der Waals surface area (Å²) in [6.07, 6.45) is 0.816. The summed E-state index contributed by atoms with van der Waals surface area (Å²) >= 11 is 0. The van der Waals surface area contributed by atoms with Crippen molar-refractivity contribution < 1.29 is 4.79 Å². The van der Waals surface area contributed by atoms with Gasteiger partial charge in [-0.3, -0.25) is 14.4 Å². The molecule has 0 saturated heterocycles. The maximum absolute atomic E-state index is 13.4. The quantitative estimate of drug-likeness (QED) is 0.317. The Morgan fingerprint density at radius 1 is 0.667 bits per heavy atom. The number of pyridine rings is 2. The first-order valence-electron chi connectivity index (χ1n) is 10.7. The van der Waals surface area contributed by atoms with E-state index in [9.17, 15) is 14.4 Å². The van der Waals surface area contributed by atoms with Gasteiger partial charge >= 0.3 is 0 Å². The first kappa shape index (κ1) is 19.2. The molecule has 0 atom stereocenters.